The molecule has 4 heteroatoms. The van der Waals surface area contributed by atoms with Crippen molar-refractivity contribution in [1.29, 1.82) is 0 Å². The van der Waals surface area contributed by atoms with Gasteiger partial charge in [-0.3, -0.25) is 4.79 Å². The van der Waals surface area contributed by atoms with E-state index in [0.717, 1.165) is 30.5 Å². The molecule has 0 atom stereocenters. The van der Waals surface area contributed by atoms with Crippen LogP contribution in [0.5, 0.6) is 0 Å². The van der Waals surface area contributed by atoms with Crippen molar-refractivity contribution in [2.75, 3.05) is 0 Å². The monoisotopic (exact) mass is 260 g/mol. The van der Waals surface area contributed by atoms with Crippen LogP contribution in [-0.4, -0.2) is 15.4 Å². The van der Waals surface area contributed by atoms with E-state index in [-0.39, 0.29) is 5.78 Å². The van der Waals surface area contributed by atoms with Gasteiger partial charge in [-0.1, -0.05) is 49.0 Å². The summed E-state index contributed by atoms with van der Waals surface area (Å²) in [5.41, 5.74) is 2.78. The minimum Gasteiger partial charge on any atom is -0.288 e. The number of aryl methyl sites for hydroxylation is 2. The van der Waals surface area contributed by atoms with E-state index in [4.69, 9.17) is 0 Å². The molecule has 0 aliphatic carbocycles. The van der Waals surface area contributed by atoms with E-state index in [1.807, 2.05) is 24.3 Å². The van der Waals surface area contributed by atoms with Gasteiger partial charge in [0.15, 0.2) is 0 Å². The summed E-state index contributed by atoms with van der Waals surface area (Å²) in [6.07, 6.45) is 2.77. The van der Waals surface area contributed by atoms with Crippen molar-refractivity contribution in [3.8, 4) is 0 Å². The molecule has 0 amide bonds. The van der Waals surface area contributed by atoms with Gasteiger partial charge in [0.05, 0.1) is 5.69 Å². The molecule has 0 radical (unpaired) electrons. The van der Waals surface area contributed by atoms with Crippen molar-refractivity contribution >= 4 is 17.3 Å². The zero-order chi connectivity index (χ0) is 13.0. The number of hydrogen-bond acceptors (Lipinski definition) is 4. The predicted molar refractivity (Wildman–Crippen MR) is 73.2 cm³/mol. The van der Waals surface area contributed by atoms with Crippen LogP contribution in [0, 0.1) is 0 Å². The molecule has 2 rings (SSSR count). The van der Waals surface area contributed by atoms with Crippen LogP contribution in [0.4, 0.5) is 0 Å². The Morgan fingerprint density at radius 2 is 1.94 bits per heavy atom. The maximum Gasteiger partial charge on any atom is 0.206 e. The minimum absolute atomic E-state index is 0.0381. The normalized spacial score (nSPS) is 10.6. The molecule has 0 fully saturated rings. The highest BCUT2D eigenvalue weighted by Gasteiger charge is 2.17. The predicted octanol–water partition coefficient (Wildman–Crippen LogP) is 3.28. The van der Waals surface area contributed by atoms with Gasteiger partial charge in [0.2, 0.25) is 5.78 Å². The fourth-order valence-electron chi connectivity index (χ4n) is 1.80. The first-order chi connectivity index (χ1) is 8.76. The third kappa shape index (κ3) is 2.64. The highest BCUT2D eigenvalue weighted by atomic mass is 32.1. The number of aromatic nitrogens is 2. The number of ketones is 1. The molecule has 94 valence electrons. The van der Waals surface area contributed by atoms with Crippen molar-refractivity contribution in [3.63, 3.8) is 0 Å². The maximum atomic E-state index is 12.3. The van der Waals surface area contributed by atoms with Gasteiger partial charge in [0.25, 0.3) is 0 Å². The Hall–Kier alpha value is -1.55. The van der Waals surface area contributed by atoms with E-state index >= 15 is 0 Å². The van der Waals surface area contributed by atoms with E-state index in [1.54, 1.807) is 0 Å². The lowest BCUT2D eigenvalue weighted by Gasteiger charge is -2.01. The van der Waals surface area contributed by atoms with Gasteiger partial charge < -0.3 is 0 Å². The van der Waals surface area contributed by atoms with Gasteiger partial charge in [-0.25, -0.2) is 0 Å². The Morgan fingerprint density at radius 3 is 2.56 bits per heavy atom. The summed E-state index contributed by atoms with van der Waals surface area (Å²) in [4.78, 5) is 13.0. The van der Waals surface area contributed by atoms with Gasteiger partial charge >= 0.3 is 0 Å². The smallest absolute Gasteiger partial charge is 0.206 e. The molecular weight excluding hydrogens is 244 g/mol. The summed E-state index contributed by atoms with van der Waals surface area (Å²) in [5, 5.41) is 4.03. The lowest BCUT2D eigenvalue weighted by Crippen LogP contribution is -2.03. The largest absolute Gasteiger partial charge is 0.288 e. The van der Waals surface area contributed by atoms with Crippen LogP contribution in [0.15, 0.2) is 24.3 Å². The summed E-state index contributed by atoms with van der Waals surface area (Å²) in [6.45, 7) is 4.17. The zero-order valence-electron chi connectivity index (χ0n) is 10.6. The fourth-order valence-corrected chi connectivity index (χ4v) is 2.47. The van der Waals surface area contributed by atoms with E-state index in [2.05, 4.69) is 23.4 Å². The summed E-state index contributed by atoms with van der Waals surface area (Å²) in [7, 11) is 0. The standard InChI is InChI=1S/C14H16N2OS/c1-3-5-12-14(18-16-15-12)13(17)11-8-6-10(4-2)7-9-11/h6-9H,3-5H2,1-2H3. The molecular formula is C14H16N2OS. The topological polar surface area (TPSA) is 42.9 Å². The van der Waals surface area contributed by atoms with Gasteiger partial charge in [0.1, 0.15) is 4.88 Å². The molecule has 0 bridgehead atoms. The van der Waals surface area contributed by atoms with Crippen LogP contribution in [0.25, 0.3) is 0 Å². The molecule has 1 heterocycles. The molecule has 0 aliphatic rings. The number of carbonyl (C=O) groups is 1. The van der Waals surface area contributed by atoms with Crippen LogP contribution in [-0.2, 0) is 12.8 Å². The van der Waals surface area contributed by atoms with Crippen LogP contribution in [0.3, 0.4) is 0 Å². The van der Waals surface area contributed by atoms with Gasteiger partial charge in [-0.05, 0) is 29.9 Å². The first-order valence-corrected chi connectivity index (χ1v) is 6.98. The lowest BCUT2D eigenvalue weighted by atomic mass is 10.0. The second-order valence-corrected chi connectivity index (χ2v) is 4.93. The Bertz CT molecular complexity index is 531. The average Bonchev–Trinajstić information content (AvgIpc) is 2.87. The molecule has 0 unspecified atom stereocenters. The fraction of sp³-hybridized carbons (Fsp3) is 0.357. The van der Waals surface area contributed by atoms with Gasteiger partial charge in [-0.2, -0.15) is 0 Å². The highest BCUT2D eigenvalue weighted by Crippen LogP contribution is 2.18. The van der Waals surface area contributed by atoms with Crippen LogP contribution < -0.4 is 0 Å². The molecule has 18 heavy (non-hydrogen) atoms. The van der Waals surface area contributed by atoms with Crippen molar-refractivity contribution in [2.45, 2.75) is 33.1 Å². The third-order valence-electron chi connectivity index (χ3n) is 2.87. The van der Waals surface area contributed by atoms with Crippen LogP contribution >= 0.6 is 11.5 Å². The second-order valence-electron chi connectivity index (χ2n) is 4.18. The number of benzene rings is 1. The molecule has 0 aliphatic heterocycles. The second kappa shape index (κ2) is 5.87. The quantitative estimate of drug-likeness (QED) is 0.775. The Kier molecular flexibility index (Phi) is 4.20. The first-order valence-electron chi connectivity index (χ1n) is 6.21. The SMILES string of the molecule is CCCc1nnsc1C(=O)c1ccc(CC)cc1. The number of nitrogens with zero attached hydrogens (tertiary/aromatic N) is 2. The molecule has 1 aromatic heterocycles. The van der Waals surface area contributed by atoms with E-state index < -0.39 is 0 Å². The maximum absolute atomic E-state index is 12.3. The van der Waals surface area contributed by atoms with E-state index in [9.17, 15) is 4.79 Å². The van der Waals surface area contributed by atoms with Crippen molar-refractivity contribution in [2.24, 2.45) is 0 Å². The number of rotatable bonds is 5. The number of carbonyl (C=O) groups excluding carboxylic acids is 1. The average molecular weight is 260 g/mol. The summed E-state index contributed by atoms with van der Waals surface area (Å²) >= 11 is 1.19. The Balaban J connectivity index is 2.26. The van der Waals surface area contributed by atoms with Crippen LogP contribution in [0.1, 0.15) is 46.8 Å². The first kappa shape index (κ1) is 12.9. The minimum atomic E-state index is 0.0381. The highest BCUT2D eigenvalue weighted by molar-refractivity contribution is 7.08. The Morgan fingerprint density at radius 1 is 1.22 bits per heavy atom. The molecule has 0 N–H and O–H groups in total. The Labute approximate surface area is 111 Å². The van der Waals surface area contributed by atoms with E-state index in [1.165, 1.54) is 17.1 Å². The molecule has 2 aromatic rings. The molecule has 0 saturated heterocycles. The molecule has 0 spiro atoms. The van der Waals surface area contributed by atoms with Gasteiger partial charge in [-0.15, -0.1) is 5.10 Å². The zero-order valence-corrected chi connectivity index (χ0v) is 11.5. The number of hydrogen-bond donors (Lipinski definition) is 0. The van der Waals surface area contributed by atoms with Crippen molar-refractivity contribution in [1.82, 2.24) is 9.59 Å². The molecule has 1 aromatic carbocycles. The molecule has 0 saturated carbocycles. The van der Waals surface area contributed by atoms with E-state index in [0.29, 0.717) is 4.88 Å². The third-order valence-corrected chi connectivity index (χ3v) is 3.64. The lowest BCUT2D eigenvalue weighted by molar-refractivity contribution is 0.104. The summed E-state index contributed by atoms with van der Waals surface area (Å²) < 4.78 is 3.89. The molecule has 3 nitrogen and oxygen atoms in total. The summed E-state index contributed by atoms with van der Waals surface area (Å²) in [6, 6.07) is 7.77. The van der Waals surface area contributed by atoms with Gasteiger partial charge in [0, 0.05) is 5.56 Å². The van der Waals surface area contributed by atoms with Crippen LogP contribution in [0.2, 0.25) is 0 Å². The summed E-state index contributed by atoms with van der Waals surface area (Å²) in [5.74, 6) is 0.0381. The van der Waals surface area contributed by atoms with Crippen molar-refractivity contribution < 1.29 is 4.79 Å². The van der Waals surface area contributed by atoms with Crippen molar-refractivity contribution in [3.05, 3.63) is 46.0 Å².